The van der Waals surface area contributed by atoms with E-state index < -0.39 is 0 Å². The number of rotatable bonds is 3. The summed E-state index contributed by atoms with van der Waals surface area (Å²) in [6.45, 7) is 8.72. The van der Waals surface area contributed by atoms with Gasteiger partial charge in [-0.05, 0) is 49.6 Å². The van der Waals surface area contributed by atoms with Crippen LogP contribution in [0.15, 0.2) is 18.2 Å². The topological polar surface area (TPSA) is 52.6 Å². The Labute approximate surface area is 120 Å². The molecule has 1 amide bonds. The van der Waals surface area contributed by atoms with Gasteiger partial charge >= 0.3 is 0 Å². The van der Waals surface area contributed by atoms with Gasteiger partial charge in [0.2, 0.25) is 0 Å². The molecule has 1 aliphatic rings. The standard InChI is InChI=1S/C16H24N2O2/c1-4-17-15-7-8-18(10-12(15)3)16(20)14-6-5-13(19)9-11(14)2/h5-6,9,12,15,17,19H,4,7-8,10H2,1-3H3. The summed E-state index contributed by atoms with van der Waals surface area (Å²) in [5, 5.41) is 12.9. The number of hydrogen-bond acceptors (Lipinski definition) is 3. The van der Waals surface area contributed by atoms with Crippen LogP contribution in [0.3, 0.4) is 0 Å². The molecule has 0 aromatic heterocycles. The molecule has 2 N–H and O–H groups in total. The Morgan fingerprint density at radius 2 is 2.25 bits per heavy atom. The van der Waals surface area contributed by atoms with Crippen LogP contribution in [0.25, 0.3) is 0 Å². The van der Waals surface area contributed by atoms with Crippen LogP contribution in [0, 0.1) is 12.8 Å². The molecule has 4 nitrogen and oxygen atoms in total. The highest BCUT2D eigenvalue weighted by molar-refractivity contribution is 5.95. The van der Waals surface area contributed by atoms with E-state index in [0.717, 1.165) is 31.6 Å². The van der Waals surface area contributed by atoms with Crippen LogP contribution in [0.1, 0.15) is 36.2 Å². The second kappa shape index (κ2) is 6.27. The number of likely N-dealkylation sites (tertiary alicyclic amines) is 1. The van der Waals surface area contributed by atoms with Gasteiger partial charge in [-0.2, -0.15) is 0 Å². The molecular formula is C16H24N2O2. The zero-order valence-corrected chi connectivity index (χ0v) is 12.5. The molecule has 4 heteroatoms. The summed E-state index contributed by atoms with van der Waals surface area (Å²) >= 11 is 0. The van der Waals surface area contributed by atoms with E-state index in [1.807, 2.05) is 11.8 Å². The van der Waals surface area contributed by atoms with Gasteiger partial charge in [-0.1, -0.05) is 13.8 Å². The largest absolute Gasteiger partial charge is 0.508 e. The molecule has 20 heavy (non-hydrogen) atoms. The first-order chi connectivity index (χ1) is 9.52. The van der Waals surface area contributed by atoms with E-state index in [-0.39, 0.29) is 11.7 Å². The number of hydrogen-bond donors (Lipinski definition) is 2. The second-order valence-electron chi connectivity index (χ2n) is 5.68. The highest BCUT2D eigenvalue weighted by atomic mass is 16.3. The highest BCUT2D eigenvalue weighted by Gasteiger charge is 2.29. The van der Waals surface area contributed by atoms with Gasteiger partial charge in [-0.25, -0.2) is 0 Å². The number of phenolic OH excluding ortho intramolecular Hbond substituents is 1. The minimum Gasteiger partial charge on any atom is -0.508 e. The SMILES string of the molecule is CCNC1CCN(C(=O)c2ccc(O)cc2C)CC1C. The molecule has 0 bridgehead atoms. The number of carbonyl (C=O) groups excluding carboxylic acids is 1. The molecule has 1 saturated heterocycles. The van der Waals surface area contributed by atoms with Gasteiger partial charge in [0.05, 0.1) is 0 Å². The molecule has 1 aromatic carbocycles. The smallest absolute Gasteiger partial charge is 0.254 e. The molecule has 110 valence electrons. The first-order valence-electron chi connectivity index (χ1n) is 7.35. The number of carbonyl (C=O) groups is 1. The van der Waals surface area contributed by atoms with Crippen LogP contribution >= 0.6 is 0 Å². The van der Waals surface area contributed by atoms with Gasteiger partial charge in [0.1, 0.15) is 5.75 Å². The van der Waals surface area contributed by atoms with Gasteiger partial charge in [-0.15, -0.1) is 0 Å². The van der Waals surface area contributed by atoms with Crippen molar-refractivity contribution in [3.05, 3.63) is 29.3 Å². The van der Waals surface area contributed by atoms with Crippen molar-refractivity contribution in [2.45, 2.75) is 33.2 Å². The van der Waals surface area contributed by atoms with Crippen LogP contribution in [-0.4, -0.2) is 41.6 Å². The molecule has 1 fully saturated rings. The Balaban J connectivity index is 2.07. The van der Waals surface area contributed by atoms with Crippen LogP contribution in [0.2, 0.25) is 0 Å². The molecule has 2 unspecified atom stereocenters. The lowest BCUT2D eigenvalue weighted by Gasteiger charge is -2.37. The van der Waals surface area contributed by atoms with E-state index in [0.29, 0.717) is 17.5 Å². The molecule has 0 radical (unpaired) electrons. The van der Waals surface area contributed by atoms with Crippen molar-refractivity contribution in [2.24, 2.45) is 5.92 Å². The molecule has 2 atom stereocenters. The molecule has 1 heterocycles. The minimum atomic E-state index is 0.0734. The fourth-order valence-corrected chi connectivity index (χ4v) is 2.95. The summed E-state index contributed by atoms with van der Waals surface area (Å²) < 4.78 is 0. The van der Waals surface area contributed by atoms with Crippen LogP contribution in [-0.2, 0) is 0 Å². The summed E-state index contributed by atoms with van der Waals surface area (Å²) in [4.78, 5) is 14.5. The minimum absolute atomic E-state index is 0.0734. The molecule has 1 aromatic rings. The average molecular weight is 276 g/mol. The van der Waals surface area contributed by atoms with Crippen molar-refractivity contribution in [3.8, 4) is 5.75 Å². The quantitative estimate of drug-likeness (QED) is 0.889. The Bertz CT molecular complexity index is 487. The predicted octanol–water partition coefficient (Wildman–Crippen LogP) is 2.16. The third-order valence-corrected chi connectivity index (χ3v) is 4.10. The number of piperidine rings is 1. The summed E-state index contributed by atoms with van der Waals surface area (Å²) in [5.41, 5.74) is 1.52. The monoisotopic (exact) mass is 276 g/mol. The molecule has 0 spiro atoms. The van der Waals surface area contributed by atoms with Crippen LogP contribution in [0.4, 0.5) is 0 Å². The second-order valence-corrected chi connectivity index (χ2v) is 5.68. The van der Waals surface area contributed by atoms with E-state index in [1.54, 1.807) is 18.2 Å². The predicted molar refractivity (Wildman–Crippen MR) is 80.0 cm³/mol. The van der Waals surface area contributed by atoms with Crippen LogP contribution in [0.5, 0.6) is 5.75 Å². The molecular weight excluding hydrogens is 252 g/mol. The van der Waals surface area contributed by atoms with Crippen molar-refractivity contribution < 1.29 is 9.90 Å². The van der Waals surface area contributed by atoms with Crippen molar-refractivity contribution in [2.75, 3.05) is 19.6 Å². The zero-order valence-electron chi connectivity index (χ0n) is 12.5. The van der Waals surface area contributed by atoms with Gasteiger partial charge in [0.25, 0.3) is 5.91 Å². The molecule has 2 rings (SSSR count). The van der Waals surface area contributed by atoms with Crippen molar-refractivity contribution in [1.82, 2.24) is 10.2 Å². The third kappa shape index (κ3) is 3.12. The summed E-state index contributed by atoms with van der Waals surface area (Å²) in [6, 6.07) is 5.44. The van der Waals surface area contributed by atoms with E-state index >= 15 is 0 Å². The molecule has 0 saturated carbocycles. The van der Waals surface area contributed by atoms with Gasteiger partial charge in [0, 0.05) is 24.7 Å². The number of benzene rings is 1. The maximum Gasteiger partial charge on any atom is 0.254 e. The first-order valence-corrected chi connectivity index (χ1v) is 7.35. The van der Waals surface area contributed by atoms with Crippen molar-refractivity contribution in [3.63, 3.8) is 0 Å². The van der Waals surface area contributed by atoms with Crippen LogP contribution < -0.4 is 5.32 Å². The number of amides is 1. The van der Waals surface area contributed by atoms with Crippen molar-refractivity contribution >= 4 is 5.91 Å². The number of aromatic hydroxyl groups is 1. The summed E-state index contributed by atoms with van der Waals surface area (Å²) in [7, 11) is 0. The fourth-order valence-electron chi connectivity index (χ4n) is 2.95. The highest BCUT2D eigenvalue weighted by Crippen LogP contribution is 2.22. The molecule has 0 aliphatic carbocycles. The van der Waals surface area contributed by atoms with Crippen molar-refractivity contribution in [1.29, 1.82) is 0 Å². The Kier molecular flexibility index (Phi) is 4.65. The lowest BCUT2D eigenvalue weighted by Crippen LogP contribution is -2.50. The number of phenols is 1. The summed E-state index contributed by atoms with van der Waals surface area (Å²) in [5.74, 6) is 0.743. The van der Waals surface area contributed by atoms with E-state index in [9.17, 15) is 9.90 Å². The first kappa shape index (κ1) is 14.9. The lowest BCUT2D eigenvalue weighted by atomic mass is 9.93. The van der Waals surface area contributed by atoms with Gasteiger partial charge in [0.15, 0.2) is 0 Å². The van der Waals surface area contributed by atoms with E-state index in [2.05, 4.69) is 19.2 Å². The average Bonchev–Trinajstić information content (AvgIpc) is 2.40. The third-order valence-electron chi connectivity index (χ3n) is 4.10. The fraction of sp³-hybridized carbons (Fsp3) is 0.562. The Morgan fingerprint density at radius 1 is 1.50 bits per heavy atom. The summed E-state index contributed by atoms with van der Waals surface area (Å²) in [6.07, 6.45) is 0.998. The van der Waals surface area contributed by atoms with E-state index in [1.165, 1.54) is 0 Å². The van der Waals surface area contributed by atoms with E-state index in [4.69, 9.17) is 0 Å². The lowest BCUT2D eigenvalue weighted by molar-refractivity contribution is 0.0645. The Hall–Kier alpha value is -1.55. The maximum atomic E-state index is 12.6. The zero-order chi connectivity index (χ0) is 14.7. The number of nitrogens with zero attached hydrogens (tertiary/aromatic N) is 1. The van der Waals surface area contributed by atoms with Gasteiger partial charge in [-0.3, -0.25) is 4.79 Å². The molecule has 1 aliphatic heterocycles. The van der Waals surface area contributed by atoms with Gasteiger partial charge < -0.3 is 15.3 Å². The normalized spacial score (nSPS) is 22.9. The number of nitrogens with one attached hydrogen (secondary N) is 1. The maximum absolute atomic E-state index is 12.6. The number of aryl methyl sites for hydroxylation is 1. The Morgan fingerprint density at radius 3 is 2.85 bits per heavy atom.